The van der Waals surface area contributed by atoms with Gasteiger partial charge in [0.25, 0.3) is 0 Å². The van der Waals surface area contributed by atoms with Gasteiger partial charge in [-0.15, -0.1) is 0 Å². The van der Waals surface area contributed by atoms with Crippen molar-refractivity contribution in [2.75, 3.05) is 26.2 Å². The van der Waals surface area contributed by atoms with Crippen LogP contribution < -0.4 is 4.72 Å². The second-order valence-electron chi connectivity index (χ2n) is 18.9. The lowest BCUT2D eigenvalue weighted by molar-refractivity contribution is -0.150. The lowest BCUT2D eigenvalue weighted by Crippen LogP contribution is -2.35. The topological polar surface area (TPSA) is 102 Å². The average molecular weight is 883 g/mol. The summed E-state index contributed by atoms with van der Waals surface area (Å²) in [4.78, 5) is 27.9. The van der Waals surface area contributed by atoms with Gasteiger partial charge < -0.3 is 14.4 Å². The van der Waals surface area contributed by atoms with Crippen molar-refractivity contribution in [2.24, 2.45) is 0 Å². The van der Waals surface area contributed by atoms with E-state index >= 15 is 0 Å². The summed E-state index contributed by atoms with van der Waals surface area (Å²) in [6.07, 6.45) is 43.1. The zero-order valence-corrected chi connectivity index (χ0v) is 41.8. The maximum atomic E-state index is 12.9. The third-order valence-electron chi connectivity index (χ3n) is 13.1. The lowest BCUT2D eigenvalue weighted by atomic mass is 10.0. The van der Waals surface area contributed by atoms with Crippen LogP contribution in [0.5, 0.6) is 0 Å². The van der Waals surface area contributed by atoms with Crippen molar-refractivity contribution in [1.82, 2.24) is 9.62 Å². The average Bonchev–Trinajstić information content (AvgIpc) is 3.81. The van der Waals surface area contributed by atoms with Gasteiger partial charge in [-0.25, -0.2) is 13.1 Å². The van der Waals surface area contributed by atoms with E-state index in [1.54, 1.807) is 0 Å². The number of nitrogens with one attached hydrogen (secondary N) is 1. The highest BCUT2D eigenvalue weighted by atomic mass is 32.2. The molecule has 0 aromatic heterocycles. The smallest absolute Gasteiger partial charge is 0.306 e. The summed E-state index contributed by atoms with van der Waals surface area (Å²) in [5.41, 5.74) is 0. The predicted octanol–water partition coefficient (Wildman–Crippen LogP) is 14.7. The zero-order valence-electron chi connectivity index (χ0n) is 40.9. The molecule has 0 saturated heterocycles. The summed E-state index contributed by atoms with van der Waals surface area (Å²) in [5, 5.41) is -0.206. The molecule has 0 aliphatic heterocycles. The lowest BCUT2D eigenvalue weighted by Gasteiger charge is -2.23. The number of ether oxygens (including phenoxy) is 2. The molecule has 1 N–H and O–H groups in total. The number of hydrogen-bond donors (Lipinski definition) is 1. The quantitative estimate of drug-likeness (QED) is 0.0480. The van der Waals surface area contributed by atoms with Gasteiger partial charge >= 0.3 is 11.9 Å². The number of esters is 2. The third-order valence-corrected chi connectivity index (χ3v) is 15.1. The largest absolute Gasteiger partial charge is 0.462 e. The van der Waals surface area contributed by atoms with Crippen LogP contribution in [0.15, 0.2) is 0 Å². The molecule has 0 aromatic rings. The van der Waals surface area contributed by atoms with Gasteiger partial charge in [0.1, 0.15) is 12.2 Å². The molecule has 1 unspecified atom stereocenters. The fraction of sp³-hybridized carbons (Fsp3) is 0.962. The van der Waals surface area contributed by atoms with Gasteiger partial charge in [0.05, 0.1) is 5.25 Å². The number of carbonyl (C=O) groups is 2. The highest BCUT2D eigenvalue weighted by molar-refractivity contribution is 7.90. The van der Waals surface area contributed by atoms with Crippen molar-refractivity contribution >= 4 is 22.0 Å². The molecule has 1 fully saturated rings. The molecule has 1 aliphatic rings. The van der Waals surface area contributed by atoms with Crippen molar-refractivity contribution in [2.45, 2.75) is 296 Å². The molecule has 0 spiro atoms. The van der Waals surface area contributed by atoms with Gasteiger partial charge in [0.15, 0.2) is 0 Å². The minimum absolute atomic E-state index is 0.000522. The summed E-state index contributed by atoms with van der Waals surface area (Å²) >= 11 is 0. The molecule has 1 atom stereocenters. The first-order valence-corrected chi connectivity index (χ1v) is 28.4. The van der Waals surface area contributed by atoms with Crippen molar-refractivity contribution in [3.63, 3.8) is 0 Å². The Bertz CT molecular complexity index is 1080. The zero-order chi connectivity index (χ0) is 44.5. The van der Waals surface area contributed by atoms with Crippen molar-refractivity contribution < 1.29 is 27.5 Å². The number of unbranched alkanes of at least 4 members (excludes halogenated alkanes) is 23. The first-order chi connectivity index (χ1) is 29.7. The van der Waals surface area contributed by atoms with Gasteiger partial charge in [-0.1, -0.05) is 175 Å². The van der Waals surface area contributed by atoms with E-state index in [2.05, 4.69) is 37.3 Å². The summed E-state index contributed by atoms with van der Waals surface area (Å²) in [6.45, 7) is 12.4. The second kappa shape index (κ2) is 41.5. The van der Waals surface area contributed by atoms with E-state index < -0.39 is 10.0 Å². The van der Waals surface area contributed by atoms with Crippen LogP contribution >= 0.6 is 0 Å². The maximum absolute atomic E-state index is 12.9. The first-order valence-electron chi connectivity index (χ1n) is 26.8. The van der Waals surface area contributed by atoms with E-state index in [1.807, 2.05) is 0 Å². The fourth-order valence-corrected chi connectivity index (χ4v) is 10.6. The highest BCUT2D eigenvalue weighted by Gasteiger charge is 2.28. The molecule has 0 amide bonds. The maximum Gasteiger partial charge on any atom is 0.306 e. The number of hydrogen-bond acceptors (Lipinski definition) is 7. The van der Waals surface area contributed by atoms with E-state index in [4.69, 9.17) is 9.47 Å². The number of sulfonamides is 1. The van der Waals surface area contributed by atoms with E-state index in [0.29, 0.717) is 19.4 Å². The molecule has 0 bridgehead atoms. The summed E-state index contributed by atoms with van der Waals surface area (Å²) < 4.78 is 40.3. The summed E-state index contributed by atoms with van der Waals surface area (Å²) in [7, 11) is -3.21. The molecule has 9 heteroatoms. The molecule has 61 heavy (non-hydrogen) atoms. The molecule has 8 nitrogen and oxygen atoms in total. The molecule has 1 saturated carbocycles. The Labute approximate surface area is 379 Å². The summed E-state index contributed by atoms with van der Waals surface area (Å²) in [6, 6.07) is 0. The van der Waals surface area contributed by atoms with Crippen LogP contribution in [0.4, 0.5) is 0 Å². The fourth-order valence-electron chi connectivity index (χ4n) is 8.99. The van der Waals surface area contributed by atoms with Crippen LogP contribution in [0.25, 0.3) is 0 Å². The van der Waals surface area contributed by atoms with Gasteiger partial charge in [-0.05, 0) is 110 Å². The Morgan fingerprint density at radius 2 is 0.852 bits per heavy atom. The van der Waals surface area contributed by atoms with Crippen LogP contribution in [-0.2, 0) is 29.1 Å². The predicted molar refractivity (Wildman–Crippen MR) is 260 cm³/mol. The number of carbonyl (C=O) groups excluding carboxylic acids is 2. The van der Waals surface area contributed by atoms with E-state index in [1.165, 1.54) is 109 Å². The van der Waals surface area contributed by atoms with E-state index in [-0.39, 0.29) is 29.4 Å². The van der Waals surface area contributed by atoms with Crippen molar-refractivity contribution in [3.8, 4) is 0 Å². The van der Waals surface area contributed by atoms with Crippen LogP contribution in [0, 0.1) is 0 Å². The van der Waals surface area contributed by atoms with Gasteiger partial charge in [0.2, 0.25) is 10.0 Å². The van der Waals surface area contributed by atoms with Gasteiger partial charge in [-0.2, -0.15) is 0 Å². The standard InChI is InChI=1S/C52H102N2O6S/c1-5-9-12-15-20-27-37-48(8-4)59-51(55)42-30-23-18-25-34-45-54(47-36-44-53-61(57,58)50-40-32-33-41-50)46-35-26-19-24-31-43-52(56)60-49(38-28-21-16-13-10-6-2)39-29-22-17-14-11-7-3/h48-50,53H,5-47H2,1-4H3. The SMILES string of the molecule is CCCCCCCCC(CC)OC(=O)CCCCCCCN(CCCCCCCC(=O)OC(CCCCCCCC)CCCCCCCC)CCCNS(=O)(=O)C1CCCC1. The van der Waals surface area contributed by atoms with Gasteiger partial charge in [-0.3, -0.25) is 9.59 Å². The molecule has 0 heterocycles. The second-order valence-corrected chi connectivity index (χ2v) is 20.9. The Morgan fingerprint density at radius 3 is 1.30 bits per heavy atom. The molecule has 0 aromatic carbocycles. The number of nitrogens with zero attached hydrogens (tertiary/aromatic N) is 1. The molecule has 362 valence electrons. The Kier molecular flexibility index (Phi) is 39.4. The normalized spacial score (nSPS) is 14.1. The summed E-state index contributed by atoms with van der Waals surface area (Å²) in [5.74, 6) is -0.0284. The Morgan fingerprint density at radius 1 is 0.492 bits per heavy atom. The molecule has 1 rings (SSSR count). The van der Waals surface area contributed by atoms with Crippen LogP contribution in [0.2, 0.25) is 0 Å². The Hall–Kier alpha value is -1.19. The molecule has 1 aliphatic carbocycles. The van der Waals surface area contributed by atoms with Crippen molar-refractivity contribution in [3.05, 3.63) is 0 Å². The van der Waals surface area contributed by atoms with Crippen molar-refractivity contribution in [1.29, 1.82) is 0 Å². The monoisotopic (exact) mass is 883 g/mol. The molecule has 0 radical (unpaired) electrons. The molecular weight excluding hydrogens is 781 g/mol. The Balaban J connectivity index is 2.39. The van der Waals surface area contributed by atoms with E-state index in [0.717, 1.165) is 148 Å². The van der Waals surface area contributed by atoms with Crippen LogP contribution in [0.1, 0.15) is 278 Å². The number of rotatable bonds is 46. The minimum Gasteiger partial charge on any atom is -0.462 e. The van der Waals surface area contributed by atoms with Crippen LogP contribution in [-0.4, -0.2) is 68.9 Å². The van der Waals surface area contributed by atoms with Gasteiger partial charge in [0, 0.05) is 19.4 Å². The van der Waals surface area contributed by atoms with Crippen LogP contribution in [0.3, 0.4) is 0 Å². The van der Waals surface area contributed by atoms with E-state index in [9.17, 15) is 18.0 Å². The molecular formula is C52H102N2O6S. The first kappa shape index (κ1) is 57.8. The third kappa shape index (κ3) is 34.8. The minimum atomic E-state index is -3.21. The highest BCUT2D eigenvalue weighted by Crippen LogP contribution is 2.24.